The second-order valence-corrected chi connectivity index (χ2v) is 2.44. The molecule has 0 aliphatic rings. The summed E-state index contributed by atoms with van der Waals surface area (Å²) in [5.41, 5.74) is 0.316. The van der Waals surface area contributed by atoms with Crippen LogP contribution >= 0.6 is 0 Å². The van der Waals surface area contributed by atoms with Crippen molar-refractivity contribution in [2.45, 2.75) is 6.92 Å². The van der Waals surface area contributed by atoms with E-state index in [1.54, 1.807) is 6.07 Å². The standard InChI is InChI=1S/C9H10O3.H2O/c1-6(10)8-4-3-7(12-2)5-9(8)11;/h3-5,11H,1-2H3;1H2. The Morgan fingerprint density at radius 2 is 2.08 bits per heavy atom. The number of methoxy groups -OCH3 is 1. The highest BCUT2D eigenvalue weighted by atomic mass is 16.5. The number of hydrogen-bond donors (Lipinski definition) is 1. The second kappa shape index (κ2) is 4.47. The molecule has 0 heterocycles. The van der Waals surface area contributed by atoms with Gasteiger partial charge in [0.25, 0.3) is 0 Å². The van der Waals surface area contributed by atoms with E-state index in [1.807, 2.05) is 0 Å². The van der Waals surface area contributed by atoms with Crippen molar-refractivity contribution >= 4 is 5.78 Å². The lowest BCUT2D eigenvalue weighted by molar-refractivity contribution is 0.101. The molecule has 0 radical (unpaired) electrons. The maximum Gasteiger partial charge on any atom is 0.163 e. The number of phenols is 1. The van der Waals surface area contributed by atoms with Crippen LogP contribution in [0.2, 0.25) is 0 Å². The van der Waals surface area contributed by atoms with Gasteiger partial charge in [-0.15, -0.1) is 0 Å². The molecule has 1 rings (SSSR count). The lowest BCUT2D eigenvalue weighted by atomic mass is 10.1. The van der Waals surface area contributed by atoms with Crippen LogP contribution in [-0.2, 0) is 0 Å². The zero-order chi connectivity index (χ0) is 9.14. The van der Waals surface area contributed by atoms with Crippen molar-refractivity contribution in [2.75, 3.05) is 7.11 Å². The molecular weight excluding hydrogens is 172 g/mol. The Kier molecular flexibility index (Phi) is 3.94. The minimum absolute atomic E-state index is 0. The molecule has 0 atom stereocenters. The van der Waals surface area contributed by atoms with Crippen molar-refractivity contribution in [1.82, 2.24) is 0 Å². The van der Waals surface area contributed by atoms with E-state index in [4.69, 9.17) is 4.74 Å². The normalized spacial score (nSPS) is 8.77. The Bertz CT molecular complexity index is 306. The van der Waals surface area contributed by atoms with Crippen molar-refractivity contribution in [1.29, 1.82) is 0 Å². The molecule has 1 aromatic rings. The summed E-state index contributed by atoms with van der Waals surface area (Å²) in [6.07, 6.45) is 0. The van der Waals surface area contributed by atoms with Gasteiger partial charge < -0.3 is 15.3 Å². The Hall–Kier alpha value is -1.55. The number of rotatable bonds is 2. The van der Waals surface area contributed by atoms with Gasteiger partial charge in [0.1, 0.15) is 11.5 Å². The van der Waals surface area contributed by atoms with E-state index < -0.39 is 0 Å². The molecular formula is C9H12O4. The molecule has 0 bridgehead atoms. The third kappa shape index (κ3) is 2.45. The summed E-state index contributed by atoms with van der Waals surface area (Å²) in [5, 5.41) is 9.29. The molecule has 4 nitrogen and oxygen atoms in total. The number of aromatic hydroxyl groups is 1. The van der Waals surface area contributed by atoms with Crippen molar-refractivity contribution < 1.29 is 20.1 Å². The average molecular weight is 184 g/mol. The van der Waals surface area contributed by atoms with Gasteiger partial charge in [-0.05, 0) is 19.1 Å². The fourth-order valence-electron chi connectivity index (χ4n) is 0.936. The van der Waals surface area contributed by atoms with Crippen LogP contribution in [0, 0.1) is 0 Å². The van der Waals surface area contributed by atoms with E-state index >= 15 is 0 Å². The second-order valence-electron chi connectivity index (χ2n) is 2.44. The van der Waals surface area contributed by atoms with Gasteiger partial charge in [-0.25, -0.2) is 0 Å². The minimum Gasteiger partial charge on any atom is -0.507 e. The van der Waals surface area contributed by atoms with Crippen LogP contribution in [0.1, 0.15) is 17.3 Å². The summed E-state index contributed by atoms with van der Waals surface area (Å²) in [6.45, 7) is 1.40. The van der Waals surface area contributed by atoms with Gasteiger partial charge in [0, 0.05) is 6.07 Å². The quantitative estimate of drug-likeness (QED) is 0.690. The lowest BCUT2D eigenvalue weighted by Crippen LogP contribution is -1.92. The molecule has 0 aliphatic heterocycles. The number of ketones is 1. The molecule has 0 saturated carbocycles. The predicted molar refractivity (Wildman–Crippen MR) is 48.3 cm³/mol. The van der Waals surface area contributed by atoms with E-state index in [0.29, 0.717) is 11.3 Å². The van der Waals surface area contributed by atoms with Crippen molar-refractivity contribution in [3.63, 3.8) is 0 Å². The number of ether oxygens (including phenoxy) is 1. The molecule has 0 aromatic heterocycles. The summed E-state index contributed by atoms with van der Waals surface area (Å²) >= 11 is 0. The van der Waals surface area contributed by atoms with Crippen LogP contribution in [0.5, 0.6) is 11.5 Å². The summed E-state index contributed by atoms with van der Waals surface area (Å²) in [7, 11) is 1.50. The highest BCUT2D eigenvalue weighted by Crippen LogP contribution is 2.23. The minimum atomic E-state index is -0.157. The fraction of sp³-hybridized carbons (Fsp3) is 0.222. The van der Waals surface area contributed by atoms with Gasteiger partial charge >= 0.3 is 0 Å². The number of carbonyl (C=O) groups is 1. The van der Waals surface area contributed by atoms with E-state index in [-0.39, 0.29) is 17.0 Å². The smallest absolute Gasteiger partial charge is 0.163 e. The molecule has 1 aromatic carbocycles. The molecule has 0 amide bonds. The number of carbonyl (C=O) groups excluding carboxylic acids is 1. The van der Waals surface area contributed by atoms with Gasteiger partial charge in [-0.1, -0.05) is 0 Å². The first-order chi connectivity index (χ1) is 5.65. The number of Topliss-reactive ketones (excluding diaryl/α,β-unsaturated/α-hetero) is 1. The van der Waals surface area contributed by atoms with Crippen LogP contribution in [0.4, 0.5) is 0 Å². The molecule has 0 unspecified atom stereocenters. The molecule has 3 N–H and O–H groups in total. The van der Waals surface area contributed by atoms with Gasteiger partial charge in [-0.3, -0.25) is 4.79 Å². The van der Waals surface area contributed by atoms with Gasteiger partial charge in [-0.2, -0.15) is 0 Å². The van der Waals surface area contributed by atoms with Crippen LogP contribution < -0.4 is 4.74 Å². The molecule has 0 saturated heterocycles. The summed E-state index contributed by atoms with van der Waals surface area (Å²) in [4.78, 5) is 10.9. The molecule has 72 valence electrons. The molecule has 0 aliphatic carbocycles. The highest BCUT2D eigenvalue weighted by Gasteiger charge is 2.06. The zero-order valence-corrected chi connectivity index (χ0v) is 7.50. The maximum absolute atomic E-state index is 10.9. The van der Waals surface area contributed by atoms with Gasteiger partial charge in [0.05, 0.1) is 12.7 Å². The van der Waals surface area contributed by atoms with Gasteiger partial charge in [0.15, 0.2) is 5.78 Å². The first-order valence-electron chi connectivity index (χ1n) is 3.53. The SMILES string of the molecule is COc1ccc(C(C)=O)c(O)c1.O. The maximum atomic E-state index is 10.9. The van der Waals surface area contributed by atoms with E-state index in [9.17, 15) is 9.90 Å². The third-order valence-corrected chi connectivity index (χ3v) is 1.58. The zero-order valence-electron chi connectivity index (χ0n) is 7.50. The third-order valence-electron chi connectivity index (χ3n) is 1.58. The Labute approximate surface area is 76.1 Å². The largest absolute Gasteiger partial charge is 0.507 e. The van der Waals surface area contributed by atoms with Crippen molar-refractivity contribution in [3.8, 4) is 11.5 Å². The summed E-state index contributed by atoms with van der Waals surface area (Å²) in [6, 6.07) is 4.59. The van der Waals surface area contributed by atoms with E-state index in [0.717, 1.165) is 0 Å². The number of phenolic OH excluding ortho intramolecular Hbond substituents is 1. The van der Waals surface area contributed by atoms with Crippen LogP contribution in [0.15, 0.2) is 18.2 Å². The fourth-order valence-corrected chi connectivity index (χ4v) is 0.936. The monoisotopic (exact) mass is 184 g/mol. The van der Waals surface area contributed by atoms with Crippen LogP contribution in [0.3, 0.4) is 0 Å². The highest BCUT2D eigenvalue weighted by molar-refractivity contribution is 5.96. The molecule has 4 heteroatoms. The predicted octanol–water partition coefficient (Wildman–Crippen LogP) is 0.779. The number of hydrogen-bond acceptors (Lipinski definition) is 3. The number of benzene rings is 1. The topological polar surface area (TPSA) is 78.0 Å². The molecule has 0 fully saturated rings. The lowest BCUT2D eigenvalue weighted by Gasteiger charge is -2.02. The first-order valence-corrected chi connectivity index (χ1v) is 3.53. The van der Waals surface area contributed by atoms with Crippen molar-refractivity contribution in [3.05, 3.63) is 23.8 Å². The first kappa shape index (κ1) is 11.4. The van der Waals surface area contributed by atoms with Crippen LogP contribution in [-0.4, -0.2) is 23.5 Å². The Morgan fingerprint density at radius 1 is 1.46 bits per heavy atom. The Morgan fingerprint density at radius 3 is 2.46 bits per heavy atom. The summed E-state index contributed by atoms with van der Waals surface area (Å²) < 4.78 is 4.86. The van der Waals surface area contributed by atoms with E-state index in [1.165, 1.54) is 26.2 Å². The molecule has 0 spiro atoms. The Balaban J connectivity index is 0.00000144. The van der Waals surface area contributed by atoms with Crippen molar-refractivity contribution in [2.24, 2.45) is 0 Å². The van der Waals surface area contributed by atoms with Crippen LogP contribution in [0.25, 0.3) is 0 Å². The summed E-state index contributed by atoms with van der Waals surface area (Å²) in [5.74, 6) is 0.342. The average Bonchev–Trinajstić information content (AvgIpc) is 2.03. The van der Waals surface area contributed by atoms with Gasteiger partial charge in [0.2, 0.25) is 0 Å². The van der Waals surface area contributed by atoms with E-state index in [2.05, 4.69) is 0 Å². The molecule has 13 heavy (non-hydrogen) atoms.